The summed E-state index contributed by atoms with van der Waals surface area (Å²) in [6.07, 6.45) is 2.07. The van der Waals surface area contributed by atoms with E-state index in [0.717, 1.165) is 23.1 Å². The highest BCUT2D eigenvalue weighted by molar-refractivity contribution is 6.04. The van der Waals surface area contributed by atoms with Gasteiger partial charge in [0.2, 0.25) is 0 Å². The topological polar surface area (TPSA) is 93.6 Å². The molecule has 47 heavy (non-hydrogen) atoms. The van der Waals surface area contributed by atoms with Crippen molar-refractivity contribution >= 4 is 28.6 Å². The number of rotatable bonds is 6. The molecular formula is C34H30F4N8O. The van der Waals surface area contributed by atoms with Gasteiger partial charge in [-0.3, -0.25) is 19.2 Å². The lowest BCUT2D eigenvalue weighted by Crippen LogP contribution is -2.42. The Kier molecular flexibility index (Phi) is 8.44. The molecule has 0 bridgehead atoms. The van der Waals surface area contributed by atoms with Gasteiger partial charge in [0.1, 0.15) is 11.5 Å². The summed E-state index contributed by atoms with van der Waals surface area (Å²) in [7, 11) is 1.89. The number of imidazole rings is 1. The van der Waals surface area contributed by atoms with Crippen molar-refractivity contribution in [1.82, 2.24) is 29.4 Å². The molecule has 2 aromatic carbocycles. The second kappa shape index (κ2) is 12.6. The first-order valence-electron chi connectivity index (χ1n) is 14.6. The molecule has 0 aliphatic carbocycles. The number of nitrogens with zero attached hydrogens (tertiary/aromatic N) is 5. The first kappa shape index (κ1) is 31.4. The Hall–Kier alpha value is -5.61. The standard InChI is InChI=1S/C34H30F4N8O/c1-21-13-30(35)28(14-23(21)7-9-27-18-39-32-31(5-4-10-46(27)32)42-26-16-40-41-17-26)33(47)43-25-8-6-24(29(15-25)34(36,37)38)20-45-12-11-44(3)22(2)19-45/h4-6,8,10,13-18,42H,2,11-12,19-20H2,1,3H3,(H,40,41)(H,43,47). The van der Waals surface area contributed by atoms with Crippen molar-refractivity contribution in [2.24, 2.45) is 0 Å². The molecule has 9 nitrogen and oxygen atoms in total. The van der Waals surface area contributed by atoms with Crippen molar-refractivity contribution < 1.29 is 22.4 Å². The van der Waals surface area contributed by atoms with Crippen molar-refractivity contribution in [3.05, 3.63) is 119 Å². The molecule has 0 saturated carbocycles. The molecule has 1 fully saturated rings. The number of hydrogen-bond acceptors (Lipinski definition) is 6. The lowest BCUT2D eigenvalue weighted by Gasteiger charge is -2.35. The van der Waals surface area contributed by atoms with E-state index in [0.29, 0.717) is 42.1 Å². The number of nitrogens with one attached hydrogen (secondary N) is 3. The van der Waals surface area contributed by atoms with E-state index >= 15 is 4.39 Å². The van der Waals surface area contributed by atoms with Gasteiger partial charge in [-0.05, 0) is 60.4 Å². The Morgan fingerprint density at radius 3 is 2.68 bits per heavy atom. The van der Waals surface area contributed by atoms with Crippen LogP contribution in [-0.2, 0) is 12.7 Å². The third-order valence-corrected chi connectivity index (χ3v) is 7.96. The van der Waals surface area contributed by atoms with Crippen LogP contribution >= 0.6 is 0 Å². The SMILES string of the molecule is C=C1CN(Cc2ccc(NC(=O)c3cc(C#Cc4cnc5c(Nc6cn[nH]c6)cccn45)c(C)cc3F)cc2C(F)(F)F)CCN1C. The number of aromatic amines is 1. The van der Waals surface area contributed by atoms with E-state index in [-0.39, 0.29) is 23.4 Å². The van der Waals surface area contributed by atoms with Crippen LogP contribution in [0.5, 0.6) is 0 Å². The van der Waals surface area contributed by atoms with Gasteiger partial charge in [0, 0.05) is 62.6 Å². The number of hydrogen-bond donors (Lipinski definition) is 3. The first-order chi connectivity index (χ1) is 22.5. The molecule has 5 aromatic rings. The van der Waals surface area contributed by atoms with Gasteiger partial charge >= 0.3 is 6.18 Å². The number of aryl methyl sites for hydroxylation is 1. The van der Waals surface area contributed by atoms with Crippen molar-refractivity contribution in [3.63, 3.8) is 0 Å². The van der Waals surface area contributed by atoms with Gasteiger partial charge in [-0.1, -0.05) is 18.6 Å². The number of carbonyl (C=O) groups is 1. The maximum atomic E-state index is 15.0. The molecule has 4 heterocycles. The number of piperazine rings is 1. The zero-order valence-corrected chi connectivity index (χ0v) is 25.5. The monoisotopic (exact) mass is 642 g/mol. The average Bonchev–Trinajstić information content (AvgIpc) is 3.69. The second-order valence-corrected chi connectivity index (χ2v) is 11.3. The van der Waals surface area contributed by atoms with E-state index in [1.165, 1.54) is 24.3 Å². The zero-order valence-electron chi connectivity index (χ0n) is 25.5. The normalized spacial score (nSPS) is 13.8. The van der Waals surface area contributed by atoms with Gasteiger partial charge in [-0.25, -0.2) is 9.37 Å². The van der Waals surface area contributed by atoms with Crippen LogP contribution in [0.25, 0.3) is 5.65 Å². The minimum atomic E-state index is -4.66. The Bertz CT molecular complexity index is 2040. The highest BCUT2D eigenvalue weighted by atomic mass is 19.4. The molecular weight excluding hydrogens is 612 g/mol. The molecule has 13 heteroatoms. The zero-order chi connectivity index (χ0) is 33.3. The molecule has 0 spiro atoms. The Balaban J connectivity index is 1.23. The Labute approximate surface area is 267 Å². The molecule has 0 atom stereocenters. The van der Waals surface area contributed by atoms with Gasteiger partial charge in [0.15, 0.2) is 5.65 Å². The number of likely N-dealkylation sites (N-methyl/N-ethyl adjacent to an activating group) is 1. The largest absolute Gasteiger partial charge is 0.416 e. The molecule has 1 amide bonds. The summed E-state index contributed by atoms with van der Waals surface area (Å²) >= 11 is 0. The van der Waals surface area contributed by atoms with Gasteiger partial charge < -0.3 is 15.5 Å². The number of halogens is 4. The molecule has 3 aromatic heterocycles. The molecule has 3 N–H and O–H groups in total. The number of alkyl halides is 3. The fourth-order valence-electron chi connectivity index (χ4n) is 5.33. The summed E-state index contributed by atoms with van der Waals surface area (Å²) in [5.41, 5.74) is 3.08. The van der Waals surface area contributed by atoms with Crippen LogP contribution in [0.3, 0.4) is 0 Å². The first-order valence-corrected chi connectivity index (χ1v) is 14.6. The Morgan fingerprint density at radius 1 is 1.11 bits per heavy atom. The fourth-order valence-corrected chi connectivity index (χ4v) is 5.33. The average molecular weight is 643 g/mol. The lowest BCUT2D eigenvalue weighted by atomic mass is 10.0. The van der Waals surface area contributed by atoms with Gasteiger partial charge in [0.25, 0.3) is 5.91 Å². The van der Waals surface area contributed by atoms with Gasteiger partial charge in [0.05, 0.1) is 34.9 Å². The van der Waals surface area contributed by atoms with Crippen molar-refractivity contribution in [1.29, 1.82) is 0 Å². The summed E-state index contributed by atoms with van der Waals surface area (Å²) in [6.45, 7) is 7.39. The van der Waals surface area contributed by atoms with Crippen LogP contribution in [-0.4, -0.2) is 62.0 Å². The fraction of sp³-hybridized carbons (Fsp3) is 0.206. The van der Waals surface area contributed by atoms with Crippen molar-refractivity contribution in [2.45, 2.75) is 19.6 Å². The van der Waals surface area contributed by atoms with E-state index in [1.807, 2.05) is 29.0 Å². The summed E-state index contributed by atoms with van der Waals surface area (Å²) in [6, 6.07) is 9.77. The summed E-state index contributed by atoms with van der Waals surface area (Å²) < 4.78 is 59.1. The third kappa shape index (κ3) is 6.83. The van der Waals surface area contributed by atoms with Crippen LogP contribution < -0.4 is 10.6 Å². The maximum absolute atomic E-state index is 15.0. The molecule has 0 unspecified atom stereocenters. The molecule has 240 valence electrons. The quantitative estimate of drug-likeness (QED) is 0.151. The van der Waals surface area contributed by atoms with Gasteiger partial charge in [-0.2, -0.15) is 18.3 Å². The molecule has 1 saturated heterocycles. The minimum absolute atomic E-state index is 0.0687. The predicted molar refractivity (Wildman–Crippen MR) is 171 cm³/mol. The van der Waals surface area contributed by atoms with E-state index in [9.17, 15) is 18.0 Å². The van der Waals surface area contributed by atoms with Crippen LogP contribution in [0.1, 0.15) is 38.3 Å². The molecule has 0 radical (unpaired) electrons. The van der Waals surface area contributed by atoms with E-state index in [2.05, 4.69) is 44.2 Å². The third-order valence-electron chi connectivity index (χ3n) is 7.96. The van der Waals surface area contributed by atoms with E-state index < -0.39 is 23.5 Å². The Morgan fingerprint density at radius 2 is 1.94 bits per heavy atom. The second-order valence-electron chi connectivity index (χ2n) is 11.3. The van der Waals surface area contributed by atoms with Crippen LogP contribution in [0.4, 0.5) is 34.6 Å². The van der Waals surface area contributed by atoms with Crippen LogP contribution in [0, 0.1) is 24.6 Å². The highest BCUT2D eigenvalue weighted by Crippen LogP contribution is 2.35. The number of aromatic nitrogens is 4. The van der Waals surface area contributed by atoms with Crippen molar-refractivity contribution in [2.75, 3.05) is 37.3 Å². The summed E-state index contributed by atoms with van der Waals surface area (Å²) in [5, 5.41) is 12.3. The molecule has 6 rings (SSSR count). The predicted octanol–water partition coefficient (Wildman–Crippen LogP) is 6.18. The van der Waals surface area contributed by atoms with E-state index in [1.54, 1.807) is 36.1 Å². The number of anilines is 3. The maximum Gasteiger partial charge on any atom is 0.416 e. The number of benzene rings is 2. The van der Waals surface area contributed by atoms with E-state index in [4.69, 9.17) is 0 Å². The number of amides is 1. The van der Waals surface area contributed by atoms with Crippen LogP contribution in [0.15, 0.2) is 79.5 Å². The lowest BCUT2D eigenvalue weighted by molar-refractivity contribution is -0.138. The summed E-state index contributed by atoms with van der Waals surface area (Å²) in [5.74, 6) is 4.29. The molecule has 1 aliphatic heterocycles. The smallest absolute Gasteiger partial charge is 0.376 e. The highest BCUT2D eigenvalue weighted by Gasteiger charge is 2.34. The van der Waals surface area contributed by atoms with Crippen LogP contribution in [0.2, 0.25) is 0 Å². The minimum Gasteiger partial charge on any atom is -0.376 e. The summed E-state index contributed by atoms with van der Waals surface area (Å²) in [4.78, 5) is 21.5. The number of fused-ring (bicyclic) bond motifs is 1. The number of carbonyl (C=O) groups excluding carboxylic acids is 1. The van der Waals surface area contributed by atoms with Gasteiger partial charge in [-0.15, -0.1) is 0 Å². The number of pyridine rings is 1. The van der Waals surface area contributed by atoms with Crippen molar-refractivity contribution in [3.8, 4) is 11.8 Å². The number of H-pyrrole nitrogens is 1. The molecule has 1 aliphatic rings.